The molecule has 3 aromatic heterocycles. The van der Waals surface area contributed by atoms with Gasteiger partial charge in [0.1, 0.15) is 12.1 Å². The minimum atomic E-state index is -4.23. The first-order valence-electron chi connectivity index (χ1n) is 9.36. The Morgan fingerprint density at radius 2 is 1.70 bits per heavy atom. The van der Waals surface area contributed by atoms with E-state index in [9.17, 15) is 18.5 Å². The summed E-state index contributed by atoms with van der Waals surface area (Å²) in [6, 6.07) is 11.6. The van der Waals surface area contributed by atoms with Gasteiger partial charge in [-0.05, 0) is 18.2 Å². The Hall–Kier alpha value is -4.72. The monoisotopic (exact) mass is 463 g/mol. The van der Waals surface area contributed by atoms with Gasteiger partial charge in [0.25, 0.3) is 15.7 Å². The molecule has 5 rings (SSSR count). The zero-order chi connectivity index (χ0) is 23.0. The van der Waals surface area contributed by atoms with Crippen molar-refractivity contribution in [3.8, 4) is 0 Å². The van der Waals surface area contributed by atoms with E-state index in [2.05, 4.69) is 40.2 Å². The number of hydrogen-bond acceptors (Lipinski definition) is 10. The minimum absolute atomic E-state index is 0.0731. The Kier molecular flexibility index (Phi) is 4.75. The van der Waals surface area contributed by atoms with Crippen LogP contribution in [0.1, 0.15) is 0 Å². The zero-order valence-electron chi connectivity index (χ0n) is 16.5. The number of hydrogen-bond donors (Lipinski definition) is 3. The second kappa shape index (κ2) is 7.76. The summed E-state index contributed by atoms with van der Waals surface area (Å²) in [5, 5.41) is 21.2. The first kappa shape index (κ1) is 20.2. The molecule has 3 N–H and O–H groups in total. The summed E-state index contributed by atoms with van der Waals surface area (Å²) in [7, 11) is -4.23. The Morgan fingerprint density at radius 3 is 2.45 bits per heavy atom. The Balaban J connectivity index is 1.60. The van der Waals surface area contributed by atoms with Gasteiger partial charge in [-0.3, -0.25) is 19.9 Å². The topological polar surface area (TPSA) is 182 Å². The lowest BCUT2D eigenvalue weighted by Gasteiger charge is -2.13. The number of anilines is 3. The molecule has 3 heterocycles. The van der Waals surface area contributed by atoms with Gasteiger partial charge in [0.05, 0.1) is 32.4 Å². The van der Waals surface area contributed by atoms with Gasteiger partial charge < -0.3 is 5.32 Å². The molecule has 5 aromatic rings. The van der Waals surface area contributed by atoms with Crippen molar-refractivity contribution in [2.75, 3.05) is 10.0 Å². The number of aromatic amines is 1. The molecule has 33 heavy (non-hydrogen) atoms. The molecule has 0 radical (unpaired) electrons. The van der Waals surface area contributed by atoms with Crippen LogP contribution in [0.2, 0.25) is 0 Å². The van der Waals surface area contributed by atoms with Crippen LogP contribution in [-0.4, -0.2) is 43.5 Å². The minimum Gasteiger partial charge on any atom is -0.321 e. The highest BCUT2D eigenvalue weighted by atomic mass is 32.2. The van der Waals surface area contributed by atoms with Gasteiger partial charge in [0.2, 0.25) is 0 Å². The fraction of sp³-hybridized carbons (Fsp3) is 0. The van der Waals surface area contributed by atoms with E-state index in [1.807, 2.05) is 0 Å². The van der Waals surface area contributed by atoms with Crippen LogP contribution in [0.25, 0.3) is 22.1 Å². The molecular weight excluding hydrogens is 450 g/mol. The molecule has 0 saturated heterocycles. The van der Waals surface area contributed by atoms with Crippen LogP contribution in [0.3, 0.4) is 0 Å². The summed E-state index contributed by atoms with van der Waals surface area (Å²) >= 11 is 0. The molecule has 14 heteroatoms. The van der Waals surface area contributed by atoms with Crippen molar-refractivity contribution in [1.82, 2.24) is 30.1 Å². The van der Waals surface area contributed by atoms with Crippen LogP contribution in [0, 0.1) is 10.1 Å². The number of non-ortho nitro benzene ring substituents is 1. The number of aromatic nitrogens is 6. The van der Waals surface area contributed by atoms with Gasteiger partial charge in [-0.1, -0.05) is 18.2 Å². The third kappa shape index (κ3) is 3.85. The molecule has 0 unspecified atom stereocenters. The quantitative estimate of drug-likeness (QED) is 0.250. The summed E-state index contributed by atoms with van der Waals surface area (Å²) in [4.78, 5) is 27.2. The van der Waals surface area contributed by atoms with Gasteiger partial charge in [0.15, 0.2) is 17.3 Å². The smallest absolute Gasteiger partial charge is 0.270 e. The van der Waals surface area contributed by atoms with E-state index in [0.717, 1.165) is 6.07 Å². The van der Waals surface area contributed by atoms with E-state index in [0.29, 0.717) is 27.9 Å². The molecule has 0 aliphatic carbocycles. The van der Waals surface area contributed by atoms with Crippen molar-refractivity contribution in [3.05, 3.63) is 71.2 Å². The number of H-pyrrole nitrogens is 1. The van der Waals surface area contributed by atoms with Crippen LogP contribution in [0.4, 0.5) is 23.1 Å². The summed E-state index contributed by atoms with van der Waals surface area (Å²) in [6.45, 7) is 0. The Morgan fingerprint density at radius 1 is 0.939 bits per heavy atom. The molecule has 0 fully saturated rings. The number of nitrogens with one attached hydrogen (secondary N) is 3. The third-order valence-electron chi connectivity index (χ3n) is 4.63. The number of sulfonamides is 1. The average molecular weight is 463 g/mol. The first-order valence-corrected chi connectivity index (χ1v) is 10.8. The Labute approximate surface area is 185 Å². The van der Waals surface area contributed by atoms with Crippen molar-refractivity contribution >= 4 is 55.2 Å². The van der Waals surface area contributed by atoms with Crippen molar-refractivity contribution < 1.29 is 13.3 Å². The van der Waals surface area contributed by atoms with Gasteiger partial charge in [0, 0.05) is 12.1 Å². The van der Waals surface area contributed by atoms with Crippen molar-refractivity contribution in [1.29, 1.82) is 0 Å². The summed E-state index contributed by atoms with van der Waals surface area (Å²) < 4.78 is 28.4. The van der Waals surface area contributed by atoms with Gasteiger partial charge in [-0.15, -0.1) is 0 Å². The molecular formula is C19H13N9O4S. The van der Waals surface area contributed by atoms with E-state index in [4.69, 9.17) is 0 Å². The fourth-order valence-corrected chi connectivity index (χ4v) is 4.13. The maximum Gasteiger partial charge on any atom is 0.270 e. The highest BCUT2D eigenvalue weighted by Gasteiger charge is 2.22. The number of nitro benzene ring substituents is 1. The Bertz CT molecular complexity index is 1640. The number of fused-ring (bicyclic) bond motifs is 2. The van der Waals surface area contributed by atoms with E-state index >= 15 is 0 Å². The average Bonchev–Trinajstić information content (AvgIpc) is 3.29. The summed E-state index contributed by atoms with van der Waals surface area (Å²) in [5.41, 5.74) is 1.07. The molecule has 0 aliphatic heterocycles. The second-order valence-corrected chi connectivity index (χ2v) is 8.43. The molecule has 0 atom stereocenters. The van der Waals surface area contributed by atoms with Crippen LogP contribution >= 0.6 is 0 Å². The molecule has 0 bridgehead atoms. The fourth-order valence-electron chi connectivity index (χ4n) is 3.09. The zero-order valence-corrected chi connectivity index (χ0v) is 17.3. The highest BCUT2D eigenvalue weighted by Crippen LogP contribution is 2.29. The van der Waals surface area contributed by atoms with Crippen LogP contribution in [-0.2, 0) is 10.0 Å². The van der Waals surface area contributed by atoms with Crippen LogP contribution in [0.5, 0.6) is 0 Å². The van der Waals surface area contributed by atoms with Crippen molar-refractivity contribution in [3.63, 3.8) is 0 Å². The predicted molar refractivity (Wildman–Crippen MR) is 118 cm³/mol. The molecule has 2 aromatic carbocycles. The van der Waals surface area contributed by atoms with E-state index in [1.165, 1.54) is 30.7 Å². The van der Waals surface area contributed by atoms with E-state index < -0.39 is 14.9 Å². The van der Waals surface area contributed by atoms with Crippen molar-refractivity contribution in [2.24, 2.45) is 0 Å². The third-order valence-corrected chi connectivity index (χ3v) is 5.96. The summed E-state index contributed by atoms with van der Waals surface area (Å²) in [6.07, 6.45) is 2.82. The lowest BCUT2D eigenvalue weighted by Crippen LogP contribution is -2.16. The molecule has 0 amide bonds. The second-order valence-electron chi connectivity index (χ2n) is 6.75. The SMILES string of the molecule is O=[N+]([O-])c1cccc(S(=O)(=O)Nc2nc3ccccc3nc2Nc2ncnc3[nH]ncc23)c1. The van der Waals surface area contributed by atoms with Gasteiger partial charge >= 0.3 is 0 Å². The van der Waals surface area contributed by atoms with Crippen LogP contribution < -0.4 is 10.0 Å². The largest absolute Gasteiger partial charge is 0.321 e. The standard InChI is InChI=1S/C19H13N9O4S/c29-28(30)11-4-3-5-12(8-11)33(31,32)27-19-18(23-14-6-1-2-7-15(14)24-19)25-16-13-9-22-26-17(13)21-10-20-16/h1-10H,(H,24,27)(H2,20,21,22,23,25,26). The van der Waals surface area contributed by atoms with E-state index in [1.54, 1.807) is 24.3 Å². The molecule has 0 aliphatic rings. The molecule has 0 spiro atoms. The van der Waals surface area contributed by atoms with E-state index in [-0.39, 0.29) is 22.2 Å². The predicted octanol–water partition coefficient (Wildman–Crippen LogP) is 2.75. The number of nitro groups is 1. The molecule has 164 valence electrons. The number of rotatable bonds is 6. The highest BCUT2D eigenvalue weighted by molar-refractivity contribution is 7.92. The van der Waals surface area contributed by atoms with Gasteiger partial charge in [-0.2, -0.15) is 5.10 Å². The number of nitrogens with zero attached hydrogens (tertiary/aromatic N) is 6. The molecule has 13 nitrogen and oxygen atoms in total. The first-order chi connectivity index (χ1) is 15.9. The van der Waals surface area contributed by atoms with Crippen molar-refractivity contribution in [2.45, 2.75) is 4.90 Å². The lowest BCUT2D eigenvalue weighted by atomic mass is 10.3. The normalized spacial score (nSPS) is 11.5. The molecule has 0 saturated carbocycles. The number of benzene rings is 2. The maximum absolute atomic E-state index is 13.0. The lowest BCUT2D eigenvalue weighted by molar-refractivity contribution is -0.385. The van der Waals surface area contributed by atoms with Crippen LogP contribution in [0.15, 0.2) is 66.0 Å². The maximum atomic E-state index is 13.0. The number of para-hydroxylation sites is 2. The van der Waals surface area contributed by atoms with Gasteiger partial charge in [-0.25, -0.2) is 28.4 Å². The summed E-state index contributed by atoms with van der Waals surface area (Å²) in [5.74, 6) is 0.286.